The Morgan fingerprint density at radius 3 is 1.68 bits per heavy atom. The normalized spacial score (nSPS) is 12.1. The van der Waals surface area contributed by atoms with Gasteiger partial charge >= 0.3 is 23.9 Å². The molecule has 0 aromatic heterocycles. The number of hydrogen-bond donors (Lipinski definition) is 4. The van der Waals surface area contributed by atoms with Crippen molar-refractivity contribution in [3.63, 3.8) is 0 Å². The number of phenols is 3. The monoisotopic (exact) mass is 532 g/mol. The topological polar surface area (TPSA) is 186 Å². The van der Waals surface area contributed by atoms with Gasteiger partial charge in [0, 0.05) is 12.2 Å². The number of benzene rings is 2. The fourth-order valence-electron chi connectivity index (χ4n) is 2.70. The summed E-state index contributed by atoms with van der Waals surface area (Å²) in [5.74, 6) is -6.33. The molecule has 4 N–H and O–H groups in total. The molecule has 0 saturated heterocycles. The molecule has 12 heteroatoms. The summed E-state index contributed by atoms with van der Waals surface area (Å²) in [4.78, 5) is 48.2. The number of carboxylic acids is 1. The van der Waals surface area contributed by atoms with Crippen LogP contribution in [0.2, 0.25) is 0 Å². The number of aliphatic carboxylic acids is 1. The predicted molar refractivity (Wildman–Crippen MR) is 133 cm³/mol. The third-order valence-corrected chi connectivity index (χ3v) is 4.46. The van der Waals surface area contributed by atoms with Gasteiger partial charge in [-0.15, -0.1) is 0 Å². The lowest BCUT2D eigenvalue weighted by molar-refractivity contribution is -0.185. The fourth-order valence-corrected chi connectivity index (χ4v) is 2.70. The van der Waals surface area contributed by atoms with Gasteiger partial charge in [-0.25, -0.2) is 19.2 Å². The van der Waals surface area contributed by atoms with Crippen LogP contribution in [0.4, 0.5) is 0 Å². The zero-order valence-corrected chi connectivity index (χ0v) is 21.0. The lowest BCUT2D eigenvalue weighted by Crippen LogP contribution is -2.46. The minimum absolute atomic E-state index is 0.197. The van der Waals surface area contributed by atoms with Crippen molar-refractivity contribution in [1.29, 1.82) is 0 Å². The number of aromatic hydroxyl groups is 3. The van der Waals surface area contributed by atoms with E-state index in [2.05, 4.69) is 4.74 Å². The number of carbonyl (C=O) groups excluding carboxylic acids is 3. The molecule has 0 heterocycles. The molecule has 2 aromatic rings. The van der Waals surface area contributed by atoms with Crippen molar-refractivity contribution in [2.24, 2.45) is 0 Å². The van der Waals surface area contributed by atoms with Gasteiger partial charge in [-0.1, -0.05) is 26.0 Å². The molecule has 2 aromatic carbocycles. The van der Waals surface area contributed by atoms with E-state index in [0.29, 0.717) is 5.56 Å². The molecule has 12 nitrogen and oxygen atoms in total. The number of hydrogen-bond acceptors (Lipinski definition) is 11. The third-order valence-electron chi connectivity index (χ3n) is 4.46. The SMILES string of the molecule is CC.COC(=O)C(OC(=O)/C=C/c1ccc(OC)c(O)c1)C(OC(=O)/C=C/c1ccc(O)c(O)c1)C(=O)O. The van der Waals surface area contributed by atoms with Crippen LogP contribution in [0.25, 0.3) is 12.2 Å². The van der Waals surface area contributed by atoms with Gasteiger partial charge in [-0.05, 0) is 47.5 Å². The highest BCUT2D eigenvalue weighted by molar-refractivity contribution is 5.94. The number of phenolic OH excluding ortho intramolecular Hbond substituents is 3. The fraction of sp³-hybridized carbons (Fsp3) is 0.231. The van der Waals surface area contributed by atoms with Crippen molar-refractivity contribution in [2.75, 3.05) is 14.2 Å². The van der Waals surface area contributed by atoms with Crippen molar-refractivity contribution in [2.45, 2.75) is 26.1 Å². The van der Waals surface area contributed by atoms with E-state index in [9.17, 15) is 39.6 Å². The lowest BCUT2D eigenvalue weighted by Gasteiger charge is -2.21. The molecule has 2 rings (SSSR count). The Morgan fingerprint density at radius 2 is 1.24 bits per heavy atom. The molecule has 0 spiro atoms. The van der Waals surface area contributed by atoms with E-state index in [4.69, 9.17) is 14.2 Å². The van der Waals surface area contributed by atoms with Gasteiger partial charge in [0.2, 0.25) is 12.2 Å². The molecule has 2 unspecified atom stereocenters. The van der Waals surface area contributed by atoms with Crippen molar-refractivity contribution in [1.82, 2.24) is 0 Å². The van der Waals surface area contributed by atoms with Crippen molar-refractivity contribution >= 4 is 36.0 Å². The van der Waals surface area contributed by atoms with Crippen molar-refractivity contribution < 1.29 is 58.6 Å². The van der Waals surface area contributed by atoms with E-state index in [1.165, 1.54) is 37.5 Å². The van der Waals surface area contributed by atoms with E-state index in [-0.39, 0.29) is 22.8 Å². The maximum Gasteiger partial charge on any atom is 0.351 e. The van der Waals surface area contributed by atoms with E-state index in [1.807, 2.05) is 13.8 Å². The van der Waals surface area contributed by atoms with Crippen molar-refractivity contribution in [3.8, 4) is 23.0 Å². The molecule has 0 aliphatic carbocycles. The van der Waals surface area contributed by atoms with Gasteiger partial charge < -0.3 is 39.4 Å². The zero-order valence-electron chi connectivity index (χ0n) is 21.0. The summed E-state index contributed by atoms with van der Waals surface area (Å²) in [6.07, 6.45) is -0.391. The summed E-state index contributed by atoms with van der Waals surface area (Å²) in [7, 11) is 2.27. The number of methoxy groups -OCH3 is 2. The molecule has 0 saturated carbocycles. The minimum Gasteiger partial charge on any atom is -0.504 e. The number of rotatable bonds is 10. The van der Waals surface area contributed by atoms with Crippen LogP contribution in [0, 0.1) is 0 Å². The average molecular weight is 532 g/mol. The summed E-state index contributed by atoms with van der Waals surface area (Å²) in [6, 6.07) is 7.85. The highest BCUT2D eigenvalue weighted by Crippen LogP contribution is 2.27. The second-order valence-corrected chi connectivity index (χ2v) is 6.92. The van der Waals surface area contributed by atoms with Crippen LogP contribution in [-0.2, 0) is 33.4 Å². The first-order valence-electron chi connectivity index (χ1n) is 11.0. The van der Waals surface area contributed by atoms with Gasteiger partial charge in [-0.2, -0.15) is 0 Å². The van der Waals surface area contributed by atoms with E-state index < -0.39 is 41.8 Å². The van der Waals surface area contributed by atoms with E-state index in [1.54, 1.807) is 0 Å². The third kappa shape index (κ3) is 9.22. The first-order chi connectivity index (χ1) is 18.0. The Hall–Kier alpha value is -5.00. The molecule has 0 fully saturated rings. The number of esters is 3. The second kappa shape index (κ2) is 15.2. The van der Waals surface area contributed by atoms with Crippen LogP contribution < -0.4 is 4.74 Å². The van der Waals surface area contributed by atoms with Crippen LogP contribution >= 0.6 is 0 Å². The Kier molecular flexibility index (Phi) is 12.4. The number of carboxylic acid groups (broad SMARTS) is 1. The van der Waals surface area contributed by atoms with Crippen LogP contribution in [-0.4, -0.2) is 70.7 Å². The number of carbonyl (C=O) groups is 4. The molecule has 38 heavy (non-hydrogen) atoms. The summed E-state index contributed by atoms with van der Waals surface area (Å²) in [6.45, 7) is 4.00. The maximum atomic E-state index is 12.2. The highest BCUT2D eigenvalue weighted by atomic mass is 16.6. The molecule has 2 atom stereocenters. The predicted octanol–water partition coefficient (Wildman–Crippen LogP) is 2.65. The molecule has 0 bridgehead atoms. The molecular weight excluding hydrogens is 504 g/mol. The van der Waals surface area contributed by atoms with Crippen LogP contribution in [0.3, 0.4) is 0 Å². The second-order valence-electron chi connectivity index (χ2n) is 6.92. The summed E-state index contributed by atoms with van der Waals surface area (Å²) in [5.41, 5.74) is 0.617. The van der Waals surface area contributed by atoms with E-state index in [0.717, 1.165) is 37.5 Å². The largest absolute Gasteiger partial charge is 0.504 e. The molecule has 0 aliphatic heterocycles. The smallest absolute Gasteiger partial charge is 0.351 e. The van der Waals surface area contributed by atoms with E-state index >= 15 is 0 Å². The van der Waals surface area contributed by atoms with Crippen LogP contribution in [0.5, 0.6) is 23.0 Å². The Labute approximate surface area is 218 Å². The summed E-state index contributed by atoms with van der Waals surface area (Å²) in [5, 5.41) is 38.0. The Bertz CT molecular complexity index is 1200. The first-order valence-corrected chi connectivity index (χ1v) is 11.0. The average Bonchev–Trinajstić information content (AvgIpc) is 2.90. The van der Waals surface area contributed by atoms with Gasteiger partial charge in [0.05, 0.1) is 14.2 Å². The standard InChI is InChI=1S/C24H22O12.C2H6/c1-33-18-8-4-14(12-17(18)27)6-10-20(29)36-22(24(32)34-2)21(23(30)31)35-19(28)9-5-13-3-7-15(25)16(26)11-13;1-2/h3-12,21-22,25-27H,1-2H3,(H,30,31);1-2H3/b9-5+,10-6+;. The zero-order chi connectivity index (χ0) is 28.8. The molecule has 0 aliphatic rings. The summed E-state index contributed by atoms with van der Waals surface area (Å²) < 4.78 is 19.1. The Morgan fingerprint density at radius 1 is 0.737 bits per heavy atom. The van der Waals surface area contributed by atoms with Gasteiger partial charge in [0.15, 0.2) is 23.0 Å². The van der Waals surface area contributed by atoms with Gasteiger partial charge in [0.1, 0.15) is 0 Å². The summed E-state index contributed by atoms with van der Waals surface area (Å²) >= 11 is 0. The van der Waals surface area contributed by atoms with Gasteiger partial charge in [0.25, 0.3) is 0 Å². The maximum absolute atomic E-state index is 12.2. The highest BCUT2D eigenvalue weighted by Gasteiger charge is 2.40. The molecule has 204 valence electrons. The molecule has 0 amide bonds. The first kappa shape index (κ1) is 31.0. The quantitative estimate of drug-likeness (QED) is 0.152. The van der Waals surface area contributed by atoms with Crippen LogP contribution in [0.15, 0.2) is 48.6 Å². The number of ether oxygens (including phenoxy) is 4. The van der Waals surface area contributed by atoms with Crippen molar-refractivity contribution in [3.05, 3.63) is 59.7 Å². The lowest BCUT2D eigenvalue weighted by atomic mass is 10.1. The molecular formula is C26H28O12. The minimum atomic E-state index is -2.26. The van der Waals surface area contributed by atoms with Gasteiger partial charge in [-0.3, -0.25) is 0 Å². The van der Waals surface area contributed by atoms with Crippen LogP contribution in [0.1, 0.15) is 25.0 Å². The molecule has 0 radical (unpaired) electrons. The Balaban J connectivity index is 0.00000352.